The van der Waals surface area contributed by atoms with Crippen LogP contribution in [0.3, 0.4) is 0 Å². The first-order valence-corrected chi connectivity index (χ1v) is 8.36. The second kappa shape index (κ2) is 6.39. The van der Waals surface area contributed by atoms with Crippen molar-refractivity contribution in [2.45, 2.75) is 38.6 Å². The van der Waals surface area contributed by atoms with E-state index >= 15 is 0 Å². The molecule has 21 heavy (non-hydrogen) atoms. The van der Waals surface area contributed by atoms with Crippen LogP contribution in [0.15, 0.2) is 35.8 Å². The average molecular weight is 300 g/mol. The largest absolute Gasteiger partial charge is 0.333 e. The highest BCUT2D eigenvalue weighted by molar-refractivity contribution is 7.09. The van der Waals surface area contributed by atoms with Crippen LogP contribution in [0.5, 0.6) is 0 Å². The van der Waals surface area contributed by atoms with Crippen LogP contribution in [0.1, 0.15) is 41.4 Å². The minimum atomic E-state index is 0.177. The number of hydrogen-bond acceptors (Lipinski definition) is 3. The number of aryl methyl sites for hydroxylation is 1. The summed E-state index contributed by atoms with van der Waals surface area (Å²) < 4.78 is 0. The number of aromatic nitrogens is 1. The lowest BCUT2D eigenvalue weighted by Crippen LogP contribution is -2.39. The van der Waals surface area contributed by atoms with Crippen molar-refractivity contribution in [3.8, 4) is 0 Å². The summed E-state index contributed by atoms with van der Waals surface area (Å²) in [4.78, 5) is 19.1. The molecule has 0 bridgehead atoms. The van der Waals surface area contributed by atoms with Gasteiger partial charge in [-0.05, 0) is 31.7 Å². The van der Waals surface area contributed by atoms with E-state index in [-0.39, 0.29) is 11.9 Å². The summed E-state index contributed by atoms with van der Waals surface area (Å²) in [6.45, 7) is 2.92. The van der Waals surface area contributed by atoms with Crippen molar-refractivity contribution in [2.24, 2.45) is 0 Å². The third kappa shape index (κ3) is 3.32. The molecule has 3 rings (SSSR count). The van der Waals surface area contributed by atoms with Gasteiger partial charge in [-0.25, -0.2) is 4.98 Å². The maximum absolute atomic E-state index is 12.7. The smallest absolute Gasteiger partial charge is 0.227 e. The number of likely N-dealkylation sites (tertiary alicyclic amines) is 1. The number of carbonyl (C=O) groups is 1. The van der Waals surface area contributed by atoms with Gasteiger partial charge in [-0.2, -0.15) is 0 Å². The molecule has 1 saturated heterocycles. The molecule has 1 aliphatic heterocycles. The fourth-order valence-corrected chi connectivity index (χ4v) is 3.65. The molecule has 3 nitrogen and oxygen atoms in total. The maximum Gasteiger partial charge on any atom is 0.227 e. The molecule has 1 aliphatic rings. The zero-order valence-electron chi connectivity index (χ0n) is 12.3. The van der Waals surface area contributed by atoms with E-state index in [9.17, 15) is 4.79 Å². The maximum atomic E-state index is 12.7. The van der Waals surface area contributed by atoms with Gasteiger partial charge in [-0.3, -0.25) is 4.79 Å². The SMILES string of the molecule is Cc1ccc(CC(=O)N2CCCCC2c2nccs2)cc1. The molecule has 1 aromatic heterocycles. The van der Waals surface area contributed by atoms with Gasteiger partial charge in [0.25, 0.3) is 0 Å². The third-order valence-corrected chi connectivity index (χ3v) is 4.91. The number of hydrogen-bond donors (Lipinski definition) is 0. The minimum Gasteiger partial charge on any atom is -0.333 e. The Bertz CT molecular complexity index is 592. The van der Waals surface area contributed by atoms with E-state index in [2.05, 4.69) is 36.2 Å². The van der Waals surface area contributed by atoms with Crippen LogP contribution < -0.4 is 0 Å². The molecule has 1 atom stereocenters. The fourth-order valence-electron chi connectivity index (χ4n) is 2.87. The summed E-state index contributed by atoms with van der Waals surface area (Å²) in [5.41, 5.74) is 2.32. The summed E-state index contributed by atoms with van der Waals surface area (Å²) in [5, 5.41) is 3.07. The molecular formula is C17H20N2OS. The summed E-state index contributed by atoms with van der Waals surface area (Å²) >= 11 is 1.65. The van der Waals surface area contributed by atoms with Gasteiger partial charge in [0, 0.05) is 18.1 Å². The van der Waals surface area contributed by atoms with Crippen molar-refractivity contribution in [3.05, 3.63) is 52.0 Å². The van der Waals surface area contributed by atoms with Gasteiger partial charge >= 0.3 is 0 Å². The van der Waals surface area contributed by atoms with Crippen LogP contribution >= 0.6 is 11.3 Å². The first-order valence-electron chi connectivity index (χ1n) is 7.48. The number of carbonyl (C=O) groups excluding carboxylic acids is 1. The number of rotatable bonds is 3. The highest BCUT2D eigenvalue weighted by atomic mass is 32.1. The summed E-state index contributed by atoms with van der Waals surface area (Å²) in [5.74, 6) is 0.221. The number of amides is 1. The molecule has 0 aliphatic carbocycles. The Hall–Kier alpha value is -1.68. The number of nitrogens with zero attached hydrogens (tertiary/aromatic N) is 2. The van der Waals surface area contributed by atoms with E-state index in [1.807, 2.05) is 16.5 Å². The molecule has 4 heteroatoms. The van der Waals surface area contributed by atoms with Gasteiger partial charge in [0.05, 0.1) is 12.5 Å². The predicted octanol–water partition coefficient (Wildman–Crippen LogP) is 3.75. The van der Waals surface area contributed by atoms with E-state index in [1.54, 1.807) is 11.3 Å². The zero-order chi connectivity index (χ0) is 14.7. The lowest BCUT2D eigenvalue weighted by molar-refractivity contribution is -0.134. The second-order valence-electron chi connectivity index (χ2n) is 5.63. The third-order valence-electron chi connectivity index (χ3n) is 4.04. The first kappa shape index (κ1) is 14.3. The number of thiazole rings is 1. The molecule has 0 saturated carbocycles. The summed E-state index contributed by atoms with van der Waals surface area (Å²) in [6, 6.07) is 8.41. The Labute approximate surface area is 129 Å². The van der Waals surface area contributed by atoms with Gasteiger partial charge in [0.2, 0.25) is 5.91 Å². The van der Waals surface area contributed by atoms with Gasteiger partial charge in [-0.15, -0.1) is 11.3 Å². The Morgan fingerprint density at radius 1 is 1.33 bits per heavy atom. The molecule has 1 amide bonds. The second-order valence-corrected chi connectivity index (χ2v) is 6.56. The van der Waals surface area contributed by atoms with Gasteiger partial charge in [0.1, 0.15) is 5.01 Å². The van der Waals surface area contributed by atoms with E-state index in [1.165, 1.54) is 12.0 Å². The highest BCUT2D eigenvalue weighted by Gasteiger charge is 2.29. The van der Waals surface area contributed by atoms with Crippen LogP contribution in [0.4, 0.5) is 0 Å². The summed E-state index contributed by atoms with van der Waals surface area (Å²) in [7, 11) is 0. The normalized spacial score (nSPS) is 18.7. The zero-order valence-corrected chi connectivity index (χ0v) is 13.1. The monoisotopic (exact) mass is 300 g/mol. The molecule has 110 valence electrons. The van der Waals surface area contributed by atoms with E-state index in [0.717, 1.165) is 30.0 Å². The standard InChI is InChI=1S/C17H20N2OS/c1-13-5-7-14(8-6-13)12-16(20)19-10-3-2-4-15(19)17-18-9-11-21-17/h5-9,11,15H,2-4,10,12H2,1H3. The predicted molar refractivity (Wildman–Crippen MR) is 85.3 cm³/mol. The van der Waals surface area contributed by atoms with Crippen molar-refractivity contribution in [3.63, 3.8) is 0 Å². The minimum absolute atomic E-state index is 0.177. The molecule has 1 unspecified atom stereocenters. The lowest BCUT2D eigenvalue weighted by Gasteiger charge is -2.34. The Morgan fingerprint density at radius 3 is 2.86 bits per heavy atom. The fraction of sp³-hybridized carbons (Fsp3) is 0.412. The van der Waals surface area contributed by atoms with Crippen LogP contribution in [0.2, 0.25) is 0 Å². The van der Waals surface area contributed by atoms with Crippen LogP contribution in [-0.2, 0) is 11.2 Å². The summed E-state index contributed by atoms with van der Waals surface area (Å²) in [6.07, 6.45) is 5.63. The first-order chi connectivity index (χ1) is 10.2. The number of piperidine rings is 1. The topological polar surface area (TPSA) is 33.2 Å². The number of benzene rings is 1. The van der Waals surface area contributed by atoms with Gasteiger partial charge < -0.3 is 4.90 Å². The molecule has 1 fully saturated rings. The lowest BCUT2D eigenvalue weighted by atomic mass is 10.0. The Morgan fingerprint density at radius 2 is 2.14 bits per heavy atom. The van der Waals surface area contributed by atoms with Crippen molar-refractivity contribution >= 4 is 17.2 Å². The van der Waals surface area contributed by atoms with Crippen LogP contribution in [-0.4, -0.2) is 22.3 Å². The molecule has 0 N–H and O–H groups in total. The van der Waals surface area contributed by atoms with Gasteiger partial charge in [0.15, 0.2) is 0 Å². The van der Waals surface area contributed by atoms with Crippen LogP contribution in [0.25, 0.3) is 0 Å². The van der Waals surface area contributed by atoms with Crippen molar-refractivity contribution in [2.75, 3.05) is 6.54 Å². The molecule has 2 aromatic rings. The molecular weight excluding hydrogens is 280 g/mol. The van der Waals surface area contributed by atoms with E-state index in [0.29, 0.717) is 6.42 Å². The van der Waals surface area contributed by atoms with Crippen LogP contribution in [0, 0.1) is 6.92 Å². The molecule has 0 spiro atoms. The quantitative estimate of drug-likeness (QED) is 0.865. The molecule has 2 heterocycles. The average Bonchev–Trinajstić information content (AvgIpc) is 3.04. The van der Waals surface area contributed by atoms with Crippen molar-refractivity contribution in [1.82, 2.24) is 9.88 Å². The highest BCUT2D eigenvalue weighted by Crippen LogP contribution is 2.32. The Kier molecular flexibility index (Phi) is 4.34. The van der Waals surface area contributed by atoms with E-state index in [4.69, 9.17) is 0 Å². The molecule has 0 radical (unpaired) electrons. The van der Waals surface area contributed by atoms with Crippen molar-refractivity contribution in [1.29, 1.82) is 0 Å². The van der Waals surface area contributed by atoms with Gasteiger partial charge in [-0.1, -0.05) is 29.8 Å². The van der Waals surface area contributed by atoms with E-state index < -0.39 is 0 Å². The Balaban J connectivity index is 1.73. The van der Waals surface area contributed by atoms with Crippen molar-refractivity contribution < 1.29 is 4.79 Å². The molecule has 1 aromatic carbocycles.